The van der Waals surface area contributed by atoms with E-state index in [9.17, 15) is 0 Å². The fourth-order valence-corrected chi connectivity index (χ4v) is 3.41. The first-order chi connectivity index (χ1) is 9.87. The highest BCUT2D eigenvalue weighted by Gasteiger charge is 2.28. The standard InChI is InChI=1S/C17H22IN3/c1-11(2)14-13(18)15(19-5)21-16(20-14)17(3,4)12-9-7-6-8-10-12/h6-11H,1-5H3,(H,19,20,21). The van der Waals surface area contributed by atoms with Gasteiger partial charge in [0.05, 0.1) is 9.26 Å². The van der Waals surface area contributed by atoms with Gasteiger partial charge in [0, 0.05) is 12.5 Å². The third kappa shape index (κ3) is 3.20. The van der Waals surface area contributed by atoms with Gasteiger partial charge >= 0.3 is 0 Å². The van der Waals surface area contributed by atoms with E-state index in [1.807, 2.05) is 13.1 Å². The molecule has 0 aliphatic rings. The van der Waals surface area contributed by atoms with Crippen molar-refractivity contribution in [2.45, 2.75) is 39.0 Å². The van der Waals surface area contributed by atoms with Crippen LogP contribution in [0.1, 0.15) is 50.7 Å². The molecule has 0 aliphatic carbocycles. The monoisotopic (exact) mass is 395 g/mol. The molecule has 0 unspecified atom stereocenters. The molecule has 21 heavy (non-hydrogen) atoms. The smallest absolute Gasteiger partial charge is 0.143 e. The second-order valence-electron chi connectivity index (χ2n) is 5.99. The molecule has 1 heterocycles. The molecule has 0 radical (unpaired) electrons. The molecule has 0 spiro atoms. The third-order valence-electron chi connectivity index (χ3n) is 3.72. The van der Waals surface area contributed by atoms with Gasteiger partial charge in [-0.2, -0.15) is 0 Å². The number of hydrogen-bond acceptors (Lipinski definition) is 3. The Labute approximate surface area is 140 Å². The molecule has 0 bridgehead atoms. The minimum absolute atomic E-state index is 0.221. The van der Waals surface area contributed by atoms with E-state index >= 15 is 0 Å². The molecule has 0 amide bonds. The molecule has 2 aromatic rings. The van der Waals surface area contributed by atoms with E-state index in [-0.39, 0.29) is 5.41 Å². The maximum Gasteiger partial charge on any atom is 0.143 e. The zero-order chi connectivity index (χ0) is 15.6. The Morgan fingerprint density at radius 3 is 2.24 bits per heavy atom. The molecule has 1 N–H and O–H groups in total. The van der Waals surface area contributed by atoms with Crippen LogP contribution in [0.4, 0.5) is 5.82 Å². The summed E-state index contributed by atoms with van der Waals surface area (Å²) in [6.45, 7) is 8.69. The van der Waals surface area contributed by atoms with Gasteiger partial charge in [-0.05, 0) is 47.9 Å². The van der Waals surface area contributed by atoms with Crippen LogP contribution >= 0.6 is 22.6 Å². The average molecular weight is 395 g/mol. The SMILES string of the molecule is CNc1nc(C(C)(C)c2ccccc2)nc(C(C)C)c1I. The normalized spacial score (nSPS) is 11.8. The van der Waals surface area contributed by atoms with Crippen LogP contribution in [0.3, 0.4) is 0 Å². The Balaban J connectivity index is 2.61. The van der Waals surface area contributed by atoms with Crippen LogP contribution in [0.2, 0.25) is 0 Å². The number of halogens is 1. The zero-order valence-corrected chi connectivity index (χ0v) is 15.4. The summed E-state index contributed by atoms with van der Waals surface area (Å²) >= 11 is 2.33. The van der Waals surface area contributed by atoms with Crippen molar-refractivity contribution in [2.75, 3.05) is 12.4 Å². The van der Waals surface area contributed by atoms with Crippen molar-refractivity contribution in [2.24, 2.45) is 0 Å². The van der Waals surface area contributed by atoms with Crippen molar-refractivity contribution in [1.29, 1.82) is 0 Å². The van der Waals surface area contributed by atoms with E-state index in [0.717, 1.165) is 20.9 Å². The summed E-state index contributed by atoms with van der Waals surface area (Å²) < 4.78 is 1.11. The fourth-order valence-electron chi connectivity index (χ4n) is 2.28. The number of hydrogen-bond donors (Lipinski definition) is 1. The van der Waals surface area contributed by atoms with E-state index in [1.54, 1.807) is 0 Å². The van der Waals surface area contributed by atoms with Crippen LogP contribution in [0.5, 0.6) is 0 Å². The van der Waals surface area contributed by atoms with E-state index in [1.165, 1.54) is 5.56 Å². The van der Waals surface area contributed by atoms with Crippen molar-refractivity contribution < 1.29 is 0 Å². The molecule has 0 aliphatic heterocycles. The molecule has 0 atom stereocenters. The summed E-state index contributed by atoms with van der Waals surface area (Å²) in [6, 6.07) is 10.4. The van der Waals surface area contributed by atoms with E-state index in [4.69, 9.17) is 9.97 Å². The molecular weight excluding hydrogens is 373 g/mol. The van der Waals surface area contributed by atoms with Crippen molar-refractivity contribution in [3.63, 3.8) is 0 Å². The molecular formula is C17H22IN3. The lowest BCUT2D eigenvalue weighted by molar-refractivity contribution is 0.581. The predicted molar refractivity (Wildman–Crippen MR) is 97.0 cm³/mol. The molecule has 0 fully saturated rings. The van der Waals surface area contributed by atoms with Gasteiger partial charge in [0.25, 0.3) is 0 Å². The van der Waals surface area contributed by atoms with E-state index < -0.39 is 0 Å². The van der Waals surface area contributed by atoms with Crippen LogP contribution in [0.25, 0.3) is 0 Å². The van der Waals surface area contributed by atoms with Gasteiger partial charge < -0.3 is 5.32 Å². The molecule has 4 heteroatoms. The quantitative estimate of drug-likeness (QED) is 0.771. The first-order valence-corrected chi connectivity index (χ1v) is 8.27. The molecule has 2 rings (SSSR count). The summed E-state index contributed by atoms with van der Waals surface area (Å²) in [7, 11) is 1.91. The van der Waals surface area contributed by atoms with Crippen molar-refractivity contribution >= 4 is 28.4 Å². The van der Waals surface area contributed by atoms with Crippen molar-refractivity contribution in [3.8, 4) is 0 Å². The first kappa shape index (κ1) is 16.2. The minimum Gasteiger partial charge on any atom is -0.372 e. The second kappa shape index (κ2) is 6.30. The Morgan fingerprint density at radius 1 is 1.10 bits per heavy atom. The topological polar surface area (TPSA) is 37.8 Å². The van der Waals surface area contributed by atoms with Crippen molar-refractivity contribution in [1.82, 2.24) is 9.97 Å². The third-order valence-corrected chi connectivity index (χ3v) is 4.78. The van der Waals surface area contributed by atoms with Crippen LogP contribution < -0.4 is 5.32 Å². The molecule has 3 nitrogen and oxygen atoms in total. The Kier molecular flexibility index (Phi) is 4.86. The highest BCUT2D eigenvalue weighted by atomic mass is 127. The number of anilines is 1. The highest BCUT2D eigenvalue weighted by molar-refractivity contribution is 14.1. The van der Waals surface area contributed by atoms with Crippen LogP contribution in [0, 0.1) is 3.57 Å². The number of nitrogens with one attached hydrogen (secondary N) is 1. The first-order valence-electron chi connectivity index (χ1n) is 7.19. The summed E-state index contributed by atoms with van der Waals surface area (Å²) in [4.78, 5) is 9.62. The van der Waals surface area contributed by atoms with E-state index in [2.05, 4.69) is 79.9 Å². The minimum atomic E-state index is -0.221. The number of aromatic nitrogens is 2. The van der Waals surface area contributed by atoms with Crippen LogP contribution in [-0.2, 0) is 5.41 Å². The number of benzene rings is 1. The van der Waals surface area contributed by atoms with Gasteiger partial charge in [0.15, 0.2) is 0 Å². The Morgan fingerprint density at radius 2 is 1.71 bits per heavy atom. The lowest BCUT2D eigenvalue weighted by Crippen LogP contribution is -2.24. The Hall–Kier alpha value is -1.17. The molecule has 0 saturated heterocycles. The van der Waals surface area contributed by atoms with Gasteiger partial charge in [-0.25, -0.2) is 9.97 Å². The number of rotatable bonds is 4. The second-order valence-corrected chi connectivity index (χ2v) is 7.07. The van der Waals surface area contributed by atoms with E-state index in [0.29, 0.717) is 5.92 Å². The van der Waals surface area contributed by atoms with Crippen LogP contribution in [-0.4, -0.2) is 17.0 Å². The number of nitrogens with zero attached hydrogens (tertiary/aromatic N) is 2. The highest BCUT2D eigenvalue weighted by Crippen LogP contribution is 2.33. The van der Waals surface area contributed by atoms with Gasteiger partial charge in [-0.3, -0.25) is 0 Å². The largest absolute Gasteiger partial charge is 0.372 e. The predicted octanol–water partition coefficient (Wildman–Crippen LogP) is 4.57. The summed E-state index contributed by atoms with van der Waals surface area (Å²) in [6.07, 6.45) is 0. The maximum absolute atomic E-state index is 4.87. The summed E-state index contributed by atoms with van der Waals surface area (Å²) in [5.74, 6) is 2.15. The Bertz CT molecular complexity index is 621. The zero-order valence-electron chi connectivity index (χ0n) is 13.2. The summed E-state index contributed by atoms with van der Waals surface area (Å²) in [5.41, 5.74) is 2.11. The molecule has 0 saturated carbocycles. The van der Waals surface area contributed by atoms with Gasteiger partial charge in [-0.1, -0.05) is 44.2 Å². The fraction of sp³-hybridized carbons (Fsp3) is 0.412. The summed E-state index contributed by atoms with van der Waals surface area (Å²) in [5, 5.41) is 3.20. The lowest BCUT2D eigenvalue weighted by Gasteiger charge is -2.26. The van der Waals surface area contributed by atoms with Gasteiger partial charge in [0.1, 0.15) is 11.6 Å². The molecule has 112 valence electrons. The van der Waals surface area contributed by atoms with Gasteiger partial charge in [0.2, 0.25) is 0 Å². The van der Waals surface area contributed by atoms with Crippen LogP contribution in [0.15, 0.2) is 30.3 Å². The maximum atomic E-state index is 4.87. The van der Waals surface area contributed by atoms with Crippen molar-refractivity contribution in [3.05, 3.63) is 51.0 Å². The molecule has 1 aromatic carbocycles. The average Bonchev–Trinajstić information content (AvgIpc) is 2.47. The van der Waals surface area contributed by atoms with Gasteiger partial charge in [-0.15, -0.1) is 0 Å². The molecule has 1 aromatic heterocycles. The lowest BCUT2D eigenvalue weighted by atomic mass is 9.83.